The topological polar surface area (TPSA) is 68.2 Å². The Morgan fingerprint density at radius 1 is 1.14 bits per heavy atom. The molecule has 0 radical (unpaired) electrons. The minimum atomic E-state index is -3.11. The zero-order valence-electron chi connectivity index (χ0n) is 16.7. The van der Waals surface area contributed by atoms with Gasteiger partial charge in [-0.3, -0.25) is 4.99 Å². The van der Waals surface area contributed by atoms with E-state index >= 15 is 0 Å². The van der Waals surface area contributed by atoms with Crippen LogP contribution < -0.4 is 14.4 Å². The standard InChI is InChI=1S/C21H24N2O4S2/c1-14-5-4-6-15(9-14)11-28-21-22-17-12-29(24,25)13-19(17)23(21)18-10-16(26-2)7-8-20(18)27-3/h4-10,17,19H,11-13H2,1-3H3. The number of benzene rings is 2. The van der Waals surface area contributed by atoms with Crippen LogP contribution in [0.4, 0.5) is 5.69 Å². The summed E-state index contributed by atoms with van der Waals surface area (Å²) in [7, 11) is 0.115. The van der Waals surface area contributed by atoms with Crippen molar-refractivity contribution < 1.29 is 17.9 Å². The Kier molecular flexibility index (Phi) is 5.48. The molecule has 4 rings (SSSR count). The molecule has 6 nitrogen and oxygen atoms in total. The molecule has 2 aromatic rings. The first kappa shape index (κ1) is 20.1. The monoisotopic (exact) mass is 432 g/mol. The van der Waals surface area contributed by atoms with Crippen molar-refractivity contribution in [3.63, 3.8) is 0 Å². The molecule has 8 heteroatoms. The van der Waals surface area contributed by atoms with Crippen molar-refractivity contribution in [2.75, 3.05) is 30.6 Å². The zero-order chi connectivity index (χ0) is 20.6. The molecule has 29 heavy (non-hydrogen) atoms. The number of aliphatic imine (C=N–C) groups is 1. The van der Waals surface area contributed by atoms with Crippen molar-refractivity contribution in [2.45, 2.75) is 24.8 Å². The second kappa shape index (κ2) is 7.91. The quantitative estimate of drug-likeness (QED) is 0.722. The first-order chi connectivity index (χ1) is 13.9. The van der Waals surface area contributed by atoms with Crippen molar-refractivity contribution in [3.8, 4) is 11.5 Å². The number of anilines is 1. The molecule has 0 saturated carbocycles. The Hall–Kier alpha value is -2.19. The van der Waals surface area contributed by atoms with Crippen LogP contribution >= 0.6 is 11.8 Å². The predicted molar refractivity (Wildman–Crippen MR) is 118 cm³/mol. The van der Waals surface area contributed by atoms with Crippen LogP contribution in [-0.2, 0) is 15.6 Å². The van der Waals surface area contributed by atoms with Gasteiger partial charge in [0.05, 0.1) is 43.5 Å². The van der Waals surface area contributed by atoms with Crippen LogP contribution in [0.25, 0.3) is 0 Å². The molecule has 2 aliphatic heterocycles. The number of sulfone groups is 1. The second-order valence-electron chi connectivity index (χ2n) is 7.31. The number of methoxy groups -OCH3 is 2. The molecule has 0 bridgehead atoms. The first-order valence-corrected chi connectivity index (χ1v) is 12.2. The summed E-state index contributed by atoms with van der Waals surface area (Å²) in [4.78, 5) is 6.83. The molecule has 0 aromatic heterocycles. The largest absolute Gasteiger partial charge is 0.497 e. The molecule has 2 aliphatic rings. The number of ether oxygens (including phenoxy) is 2. The van der Waals surface area contributed by atoms with Crippen LogP contribution in [0.15, 0.2) is 47.5 Å². The van der Waals surface area contributed by atoms with E-state index in [1.54, 1.807) is 26.0 Å². The van der Waals surface area contributed by atoms with Gasteiger partial charge < -0.3 is 14.4 Å². The Morgan fingerprint density at radius 2 is 1.97 bits per heavy atom. The molecule has 1 fully saturated rings. The van der Waals surface area contributed by atoms with Crippen LogP contribution in [0.2, 0.25) is 0 Å². The van der Waals surface area contributed by atoms with E-state index in [0.717, 1.165) is 16.6 Å². The molecule has 0 spiro atoms. The van der Waals surface area contributed by atoms with E-state index in [4.69, 9.17) is 14.5 Å². The number of hydrogen-bond acceptors (Lipinski definition) is 7. The maximum Gasteiger partial charge on any atom is 0.164 e. The van der Waals surface area contributed by atoms with Gasteiger partial charge in [0.1, 0.15) is 11.5 Å². The van der Waals surface area contributed by atoms with E-state index in [9.17, 15) is 8.42 Å². The van der Waals surface area contributed by atoms with Crippen LogP contribution in [-0.4, -0.2) is 51.4 Å². The summed E-state index contributed by atoms with van der Waals surface area (Å²) in [6, 6.07) is 13.5. The normalized spacial score (nSPS) is 22.3. The van der Waals surface area contributed by atoms with Gasteiger partial charge >= 0.3 is 0 Å². The fourth-order valence-electron chi connectivity index (χ4n) is 3.85. The number of nitrogens with zero attached hydrogens (tertiary/aromatic N) is 2. The van der Waals surface area contributed by atoms with Crippen molar-refractivity contribution >= 4 is 32.5 Å². The average Bonchev–Trinajstić information content (AvgIpc) is 3.16. The molecule has 2 aromatic carbocycles. The first-order valence-electron chi connectivity index (χ1n) is 9.38. The van der Waals surface area contributed by atoms with Gasteiger partial charge in [-0.05, 0) is 24.6 Å². The van der Waals surface area contributed by atoms with Gasteiger partial charge in [0, 0.05) is 11.8 Å². The third-order valence-electron chi connectivity index (χ3n) is 5.20. The van der Waals surface area contributed by atoms with Crippen molar-refractivity contribution in [1.82, 2.24) is 0 Å². The highest BCUT2D eigenvalue weighted by Gasteiger charge is 2.47. The third kappa shape index (κ3) is 4.09. The average molecular weight is 433 g/mol. The maximum atomic E-state index is 12.3. The minimum absolute atomic E-state index is 0.0922. The molecule has 1 saturated heterocycles. The third-order valence-corrected chi connectivity index (χ3v) is 7.94. The molecular formula is C21H24N2O4S2. The van der Waals surface area contributed by atoms with Gasteiger partial charge in [0.15, 0.2) is 15.0 Å². The van der Waals surface area contributed by atoms with E-state index in [0.29, 0.717) is 11.5 Å². The number of aryl methyl sites for hydroxylation is 1. The van der Waals surface area contributed by atoms with E-state index in [-0.39, 0.29) is 23.6 Å². The highest BCUT2D eigenvalue weighted by atomic mass is 32.2. The van der Waals surface area contributed by atoms with Crippen molar-refractivity contribution in [1.29, 1.82) is 0 Å². The second-order valence-corrected chi connectivity index (χ2v) is 10.4. The van der Waals surface area contributed by atoms with Gasteiger partial charge in [-0.1, -0.05) is 41.6 Å². The van der Waals surface area contributed by atoms with Crippen molar-refractivity contribution in [2.24, 2.45) is 4.99 Å². The van der Waals surface area contributed by atoms with Gasteiger partial charge in [-0.2, -0.15) is 0 Å². The van der Waals surface area contributed by atoms with Crippen LogP contribution in [0.5, 0.6) is 11.5 Å². The Bertz CT molecular complexity index is 1050. The lowest BCUT2D eigenvalue weighted by atomic mass is 10.1. The fraction of sp³-hybridized carbons (Fsp3) is 0.381. The maximum absolute atomic E-state index is 12.3. The molecule has 0 N–H and O–H groups in total. The highest BCUT2D eigenvalue weighted by molar-refractivity contribution is 8.13. The van der Waals surface area contributed by atoms with E-state index in [1.165, 1.54) is 11.1 Å². The number of rotatable bonds is 5. The van der Waals surface area contributed by atoms with Gasteiger partial charge in [0.25, 0.3) is 0 Å². The van der Waals surface area contributed by atoms with Crippen LogP contribution in [0.1, 0.15) is 11.1 Å². The molecule has 2 atom stereocenters. The summed E-state index contributed by atoms with van der Waals surface area (Å²) in [5, 5.41) is 0.822. The summed E-state index contributed by atoms with van der Waals surface area (Å²) in [6.45, 7) is 2.07. The molecule has 2 unspecified atom stereocenters. The molecule has 2 heterocycles. The molecule has 154 valence electrons. The van der Waals surface area contributed by atoms with E-state index in [1.807, 2.05) is 29.2 Å². The minimum Gasteiger partial charge on any atom is -0.497 e. The zero-order valence-corrected chi connectivity index (χ0v) is 18.3. The summed E-state index contributed by atoms with van der Waals surface area (Å²) in [6.07, 6.45) is 0. The van der Waals surface area contributed by atoms with Crippen molar-refractivity contribution in [3.05, 3.63) is 53.6 Å². The summed E-state index contributed by atoms with van der Waals surface area (Å²) >= 11 is 1.62. The predicted octanol–water partition coefficient (Wildman–Crippen LogP) is 3.29. The lowest BCUT2D eigenvalue weighted by Crippen LogP contribution is -2.39. The smallest absolute Gasteiger partial charge is 0.164 e. The highest BCUT2D eigenvalue weighted by Crippen LogP contribution is 2.41. The summed E-state index contributed by atoms with van der Waals surface area (Å²) in [5.41, 5.74) is 3.21. The fourth-order valence-corrected chi connectivity index (χ4v) is 6.75. The van der Waals surface area contributed by atoms with Gasteiger partial charge in [-0.25, -0.2) is 8.42 Å². The summed E-state index contributed by atoms with van der Waals surface area (Å²) in [5.74, 6) is 2.30. The summed E-state index contributed by atoms with van der Waals surface area (Å²) < 4.78 is 35.5. The number of thioether (sulfide) groups is 1. The van der Waals surface area contributed by atoms with Gasteiger partial charge in [-0.15, -0.1) is 0 Å². The molecule has 0 amide bonds. The number of fused-ring (bicyclic) bond motifs is 1. The molecular weight excluding hydrogens is 408 g/mol. The van der Waals surface area contributed by atoms with Crippen LogP contribution in [0.3, 0.4) is 0 Å². The lowest BCUT2D eigenvalue weighted by Gasteiger charge is -2.28. The number of hydrogen-bond donors (Lipinski definition) is 0. The van der Waals surface area contributed by atoms with E-state index in [2.05, 4.69) is 25.1 Å². The Morgan fingerprint density at radius 3 is 2.69 bits per heavy atom. The molecule has 0 aliphatic carbocycles. The number of amidine groups is 1. The Labute approximate surface area is 175 Å². The Balaban J connectivity index is 1.69. The SMILES string of the molecule is COc1ccc(OC)c(N2C(SCc3cccc(C)c3)=NC3CS(=O)(=O)CC32)c1. The van der Waals surface area contributed by atoms with Gasteiger partial charge in [0.2, 0.25) is 0 Å². The van der Waals surface area contributed by atoms with Crippen LogP contribution in [0, 0.1) is 6.92 Å². The lowest BCUT2D eigenvalue weighted by molar-refractivity contribution is 0.403. The van der Waals surface area contributed by atoms with E-state index < -0.39 is 9.84 Å².